The highest BCUT2D eigenvalue weighted by Gasteiger charge is 2.51. The molecule has 0 N–H and O–H groups in total. The van der Waals surface area contributed by atoms with Gasteiger partial charge in [0.1, 0.15) is 0 Å². The number of likely N-dealkylation sites (tertiary alicyclic amines) is 1. The summed E-state index contributed by atoms with van der Waals surface area (Å²) in [5.41, 5.74) is 1.48. The molecule has 30 heavy (non-hydrogen) atoms. The Hall–Kier alpha value is -1.52. The van der Waals surface area contributed by atoms with E-state index >= 15 is 0 Å². The van der Waals surface area contributed by atoms with E-state index in [-0.39, 0.29) is 6.09 Å². The Morgan fingerprint density at radius 2 is 1.90 bits per heavy atom. The average molecular weight is 417 g/mol. The van der Waals surface area contributed by atoms with Gasteiger partial charge in [-0.05, 0) is 94.3 Å². The van der Waals surface area contributed by atoms with Crippen LogP contribution in [0.5, 0.6) is 0 Å². The van der Waals surface area contributed by atoms with Gasteiger partial charge in [0.25, 0.3) is 0 Å². The molecule has 1 atom stereocenters. The van der Waals surface area contributed by atoms with Crippen LogP contribution in [-0.2, 0) is 9.53 Å². The second kappa shape index (κ2) is 8.92. The van der Waals surface area contributed by atoms with Crippen molar-refractivity contribution >= 4 is 12.0 Å². The highest BCUT2D eigenvalue weighted by molar-refractivity contribution is 5.94. The van der Waals surface area contributed by atoms with Crippen LogP contribution < -0.4 is 0 Å². The van der Waals surface area contributed by atoms with Crippen molar-refractivity contribution in [1.82, 2.24) is 9.80 Å². The minimum absolute atomic E-state index is 0.127. The Morgan fingerprint density at radius 1 is 1.17 bits per heavy atom. The van der Waals surface area contributed by atoms with Crippen molar-refractivity contribution in [2.45, 2.75) is 72.1 Å². The van der Waals surface area contributed by atoms with Gasteiger partial charge in [-0.15, -0.1) is 0 Å². The van der Waals surface area contributed by atoms with Gasteiger partial charge in [-0.3, -0.25) is 4.79 Å². The van der Waals surface area contributed by atoms with Crippen molar-refractivity contribution in [2.24, 2.45) is 29.1 Å². The Balaban J connectivity index is 1.24. The molecule has 0 aromatic heterocycles. The van der Waals surface area contributed by atoms with E-state index in [1.165, 1.54) is 38.5 Å². The van der Waals surface area contributed by atoms with Crippen LogP contribution in [0.1, 0.15) is 72.1 Å². The number of ether oxygens (including phenoxy) is 1. The lowest BCUT2D eigenvalue weighted by atomic mass is 9.55. The van der Waals surface area contributed by atoms with Crippen molar-refractivity contribution < 1.29 is 14.3 Å². The van der Waals surface area contributed by atoms with Gasteiger partial charge in [0.15, 0.2) is 0 Å². The van der Waals surface area contributed by atoms with Crippen molar-refractivity contribution in [3.8, 4) is 0 Å². The quantitative estimate of drug-likeness (QED) is 0.643. The van der Waals surface area contributed by atoms with Crippen LogP contribution in [0.4, 0.5) is 4.79 Å². The summed E-state index contributed by atoms with van der Waals surface area (Å²) >= 11 is 0. The molecule has 3 fully saturated rings. The van der Waals surface area contributed by atoms with Gasteiger partial charge in [-0.1, -0.05) is 13.0 Å². The maximum absolute atomic E-state index is 12.7. The minimum atomic E-state index is -0.127. The van der Waals surface area contributed by atoms with Crippen LogP contribution in [0.2, 0.25) is 0 Å². The van der Waals surface area contributed by atoms with E-state index in [2.05, 4.69) is 19.9 Å². The maximum atomic E-state index is 12.7. The summed E-state index contributed by atoms with van der Waals surface area (Å²) in [5.74, 6) is 3.15. The second-order valence-electron chi connectivity index (χ2n) is 10.3. The molecule has 2 aliphatic heterocycles. The first-order valence-electron chi connectivity index (χ1n) is 12.4. The van der Waals surface area contributed by atoms with Crippen molar-refractivity contribution in [3.63, 3.8) is 0 Å². The summed E-state index contributed by atoms with van der Waals surface area (Å²) in [7, 11) is 0. The van der Waals surface area contributed by atoms with E-state index in [0.717, 1.165) is 62.3 Å². The number of rotatable bonds is 5. The van der Waals surface area contributed by atoms with E-state index in [1.54, 1.807) is 0 Å². The predicted molar refractivity (Wildman–Crippen MR) is 118 cm³/mol. The number of carbonyl (C=O) groups is 2. The Kier molecular flexibility index (Phi) is 6.45. The molecule has 2 heterocycles. The van der Waals surface area contributed by atoms with Crippen LogP contribution in [0.25, 0.3) is 0 Å². The molecule has 1 saturated heterocycles. The summed E-state index contributed by atoms with van der Waals surface area (Å²) in [6.07, 6.45) is 11.7. The van der Waals surface area contributed by atoms with Crippen LogP contribution >= 0.6 is 0 Å². The van der Waals surface area contributed by atoms with Gasteiger partial charge < -0.3 is 14.5 Å². The van der Waals surface area contributed by atoms with E-state index in [1.807, 2.05) is 16.7 Å². The van der Waals surface area contributed by atoms with Gasteiger partial charge in [0.2, 0.25) is 5.91 Å². The third-order valence-corrected chi connectivity index (χ3v) is 8.73. The van der Waals surface area contributed by atoms with Crippen LogP contribution in [0.15, 0.2) is 11.6 Å². The van der Waals surface area contributed by atoms with Crippen molar-refractivity contribution in [3.05, 3.63) is 11.6 Å². The molecule has 0 bridgehead atoms. The molecule has 1 spiro atoms. The fourth-order valence-electron chi connectivity index (χ4n) is 6.79. The predicted octanol–water partition coefficient (Wildman–Crippen LogP) is 4.87. The summed E-state index contributed by atoms with van der Waals surface area (Å²) in [6, 6.07) is 0. The van der Waals surface area contributed by atoms with Crippen molar-refractivity contribution in [2.75, 3.05) is 32.8 Å². The first kappa shape index (κ1) is 21.7. The fraction of sp³-hybridized carbons (Fsp3) is 0.840. The largest absolute Gasteiger partial charge is 0.450 e. The molecule has 2 saturated carbocycles. The number of likely N-dealkylation sites (N-methyl/N-ethyl adjacent to an activating group) is 1. The number of hydrogen-bond donors (Lipinski definition) is 0. The summed E-state index contributed by atoms with van der Waals surface area (Å²) in [4.78, 5) is 28.7. The Bertz CT molecular complexity index is 674. The zero-order valence-corrected chi connectivity index (χ0v) is 19.2. The van der Waals surface area contributed by atoms with E-state index in [9.17, 15) is 9.59 Å². The lowest BCUT2D eigenvalue weighted by molar-refractivity contribution is -0.128. The average Bonchev–Trinajstić information content (AvgIpc) is 3.19. The van der Waals surface area contributed by atoms with Gasteiger partial charge in [-0.25, -0.2) is 4.79 Å². The second-order valence-corrected chi connectivity index (χ2v) is 10.3. The monoisotopic (exact) mass is 416 g/mol. The highest BCUT2D eigenvalue weighted by Crippen LogP contribution is 2.56. The van der Waals surface area contributed by atoms with Crippen molar-refractivity contribution in [1.29, 1.82) is 0 Å². The molecule has 168 valence electrons. The van der Waals surface area contributed by atoms with E-state index in [4.69, 9.17) is 4.74 Å². The third-order valence-electron chi connectivity index (χ3n) is 8.73. The first-order chi connectivity index (χ1) is 14.5. The molecule has 0 aromatic carbocycles. The molecule has 4 aliphatic rings. The third kappa shape index (κ3) is 4.13. The number of nitrogens with zero attached hydrogens (tertiary/aromatic N) is 2. The molecule has 1 unspecified atom stereocenters. The topological polar surface area (TPSA) is 49.9 Å². The van der Waals surface area contributed by atoms with E-state index < -0.39 is 0 Å². The zero-order valence-electron chi connectivity index (χ0n) is 19.2. The minimum Gasteiger partial charge on any atom is -0.450 e. The Labute approximate surface area is 182 Å². The first-order valence-corrected chi connectivity index (χ1v) is 12.4. The highest BCUT2D eigenvalue weighted by atomic mass is 16.6. The number of carbonyl (C=O) groups excluding carboxylic acids is 2. The molecule has 2 amide bonds. The molecule has 0 radical (unpaired) electrons. The fourth-order valence-corrected chi connectivity index (χ4v) is 6.79. The molecule has 2 aliphatic carbocycles. The zero-order chi connectivity index (χ0) is 21.3. The van der Waals surface area contributed by atoms with E-state index in [0.29, 0.717) is 23.8 Å². The maximum Gasteiger partial charge on any atom is 0.409 e. The summed E-state index contributed by atoms with van der Waals surface area (Å²) in [5, 5.41) is 0. The van der Waals surface area contributed by atoms with Crippen LogP contribution in [0, 0.1) is 29.1 Å². The molecule has 4 rings (SSSR count). The summed E-state index contributed by atoms with van der Waals surface area (Å²) in [6.45, 7) is 10.4. The number of amides is 2. The van der Waals surface area contributed by atoms with Gasteiger partial charge in [0.05, 0.1) is 6.61 Å². The molecule has 0 aromatic rings. The normalized spacial score (nSPS) is 35.2. The lowest BCUT2D eigenvalue weighted by Gasteiger charge is -2.50. The van der Waals surface area contributed by atoms with Gasteiger partial charge in [-0.2, -0.15) is 0 Å². The molecular formula is C25H40N2O3. The molecule has 5 heteroatoms. The smallest absolute Gasteiger partial charge is 0.409 e. The van der Waals surface area contributed by atoms with Gasteiger partial charge >= 0.3 is 6.09 Å². The number of hydrogen-bond acceptors (Lipinski definition) is 3. The summed E-state index contributed by atoms with van der Waals surface area (Å²) < 4.78 is 5.19. The van der Waals surface area contributed by atoms with Crippen LogP contribution in [-0.4, -0.2) is 54.6 Å². The lowest BCUT2D eigenvalue weighted by Crippen LogP contribution is -2.45. The van der Waals surface area contributed by atoms with Crippen LogP contribution in [0.3, 0.4) is 0 Å². The Morgan fingerprint density at radius 3 is 2.57 bits per heavy atom. The van der Waals surface area contributed by atoms with Gasteiger partial charge in [0, 0.05) is 31.8 Å². The SMILES string of the molecule is CCOC(=O)N1CCC2(CC(C(C)C3CCC(C4=CCCN(CC)C4=O)CC3)C2)C1. The molecular weight excluding hydrogens is 376 g/mol. The molecule has 5 nitrogen and oxygen atoms in total. The standard InChI is InChI=1S/C25H40N2O3/c1-4-26-13-6-7-22(23(26)28)20-10-8-19(9-11-20)18(3)21-15-25(16-21)12-14-27(17-25)24(29)30-5-2/h7,18-21H,4-6,8-17H2,1-3H3.